The maximum atomic E-state index is 12.6. The maximum absolute atomic E-state index is 12.6. The summed E-state index contributed by atoms with van der Waals surface area (Å²) in [6, 6.07) is 2.98. The lowest BCUT2D eigenvalue weighted by Crippen LogP contribution is -2.41. The van der Waals surface area contributed by atoms with Crippen LogP contribution in [-0.4, -0.2) is 41.2 Å². The van der Waals surface area contributed by atoms with Crippen LogP contribution in [0.5, 0.6) is 5.75 Å². The van der Waals surface area contributed by atoms with Crippen LogP contribution in [0.2, 0.25) is 0 Å². The van der Waals surface area contributed by atoms with Crippen LogP contribution < -0.4 is 4.74 Å². The smallest absolute Gasteiger partial charge is 0.387 e. The third-order valence-electron chi connectivity index (χ3n) is 3.26. The van der Waals surface area contributed by atoms with Crippen molar-refractivity contribution < 1.29 is 23.4 Å². The summed E-state index contributed by atoms with van der Waals surface area (Å²) in [5, 5.41) is 9.52. The first-order chi connectivity index (χ1) is 10.1. The van der Waals surface area contributed by atoms with Gasteiger partial charge in [0.2, 0.25) is 0 Å². The molecular formula is C16H23F2NO3. The molecule has 0 fully saturated rings. The van der Waals surface area contributed by atoms with Crippen molar-refractivity contribution in [3.8, 4) is 5.75 Å². The zero-order chi connectivity index (χ0) is 17.0. The molecule has 1 atom stereocenters. The van der Waals surface area contributed by atoms with E-state index in [0.29, 0.717) is 16.7 Å². The van der Waals surface area contributed by atoms with Crippen molar-refractivity contribution in [2.75, 3.05) is 6.54 Å². The fraction of sp³-hybridized carbons (Fsp3) is 0.562. The summed E-state index contributed by atoms with van der Waals surface area (Å²) in [7, 11) is 0. The third-order valence-corrected chi connectivity index (χ3v) is 3.26. The second kappa shape index (κ2) is 7.54. The van der Waals surface area contributed by atoms with Crippen LogP contribution in [0.4, 0.5) is 8.78 Å². The number of aryl methyl sites for hydroxylation is 2. The highest BCUT2D eigenvalue weighted by Gasteiger charge is 2.22. The number of carbonyl (C=O) groups excluding carboxylic acids is 1. The van der Waals surface area contributed by atoms with Crippen molar-refractivity contribution in [1.29, 1.82) is 0 Å². The number of aliphatic hydroxyl groups is 1. The minimum absolute atomic E-state index is 0.0836. The van der Waals surface area contributed by atoms with E-state index in [0.717, 1.165) is 0 Å². The fourth-order valence-electron chi connectivity index (χ4n) is 2.33. The molecule has 0 saturated carbocycles. The minimum atomic E-state index is -2.90. The van der Waals surface area contributed by atoms with E-state index in [-0.39, 0.29) is 24.2 Å². The summed E-state index contributed by atoms with van der Waals surface area (Å²) in [4.78, 5) is 14.1. The summed E-state index contributed by atoms with van der Waals surface area (Å²) < 4.78 is 29.3. The van der Waals surface area contributed by atoms with E-state index in [1.807, 2.05) is 13.8 Å². The van der Waals surface area contributed by atoms with Gasteiger partial charge >= 0.3 is 6.61 Å². The average Bonchev–Trinajstić information content (AvgIpc) is 2.38. The van der Waals surface area contributed by atoms with Gasteiger partial charge in [-0.15, -0.1) is 0 Å². The Hall–Kier alpha value is -1.69. The van der Waals surface area contributed by atoms with Gasteiger partial charge < -0.3 is 14.7 Å². The van der Waals surface area contributed by atoms with Gasteiger partial charge in [0.15, 0.2) is 0 Å². The van der Waals surface area contributed by atoms with E-state index in [9.17, 15) is 18.7 Å². The van der Waals surface area contributed by atoms with Gasteiger partial charge in [0.1, 0.15) is 5.75 Å². The van der Waals surface area contributed by atoms with Gasteiger partial charge in [0.05, 0.1) is 6.10 Å². The molecule has 0 spiro atoms. The molecule has 1 aromatic carbocycles. The van der Waals surface area contributed by atoms with Crippen molar-refractivity contribution in [3.05, 3.63) is 28.8 Å². The normalized spacial score (nSPS) is 12.6. The molecule has 4 nitrogen and oxygen atoms in total. The number of alkyl halides is 2. The van der Waals surface area contributed by atoms with Crippen LogP contribution in [0, 0.1) is 13.8 Å². The van der Waals surface area contributed by atoms with E-state index >= 15 is 0 Å². The Morgan fingerprint density at radius 2 is 1.73 bits per heavy atom. The molecule has 0 aliphatic carbocycles. The fourth-order valence-corrected chi connectivity index (χ4v) is 2.33. The second-order valence-corrected chi connectivity index (χ2v) is 5.72. The molecule has 0 bridgehead atoms. The highest BCUT2D eigenvalue weighted by Crippen LogP contribution is 2.27. The average molecular weight is 315 g/mol. The van der Waals surface area contributed by atoms with Crippen molar-refractivity contribution in [1.82, 2.24) is 4.90 Å². The van der Waals surface area contributed by atoms with Crippen LogP contribution >= 0.6 is 0 Å². The number of rotatable bonds is 6. The standard InChI is InChI=1S/C16H23F2NO3/c1-9(2)19(8-12(5)20)15(21)13-6-10(3)14(11(4)7-13)22-16(17)18/h6-7,9,12,16,20H,8H2,1-5H3. The monoisotopic (exact) mass is 315 g/mol. The number of ether oxygens (including phenoxy) is 1. The first kappa shape index (κ1) is 18.4. The zero-order valence-electron chi connectivity index (χ0n) is 13.6. The molecule has 1 amide bonds. The maximum Gasteiger partial charge on any atom is 0.387 e. The number of nitrogens with zero attached hydrogens (tertiary/aromatic N) is 1. The molecule has 6 heteroatoms. The lowest BCUT2D eigenvalue weighted by Gasteiger charge is -2.28. The molecule has 1 N–H and O–H groups in total. The molecule has 0 saturated heterocycles. The van der Waals surface area contributed by atoms with Crippen LogP contribution in [0.15, 0.2) is 12.1 Å². The Morgan fingerprint density at radius 3 is 2.09 bits per heavy atom. The van der Waals surface area contributed by atoms with E-state index in [2.05, 4.69) is 4.74 Å². The van der Waals surface area contributed by atoms with Crippen molar-refractivity contribution in [2.24, 2.45) is 0 Å². The Balaban J connectivity index is 3.13. The quantitative estimate of drug-likeness (QED) is 0.877. The number of amides is 1. The molecule has 0 radical (unpaired) electrons. The molecule has 0 heterocycles. The predicted molar refractivity (Wildman–Crippen MR) is 80.4 cm³/mol. The van der Waals surface area contributed by atoms with Gasteiger partial charge in [0.25, 0.3) is 5.91 Å². The van der Waals surface area contributed by atoms with Crippen LogP contribution in [-0.2, 0) is 0 Å². The summed E-state index contributed by atoms with van der Waals surface area (Å²) in [6.07, 6.45) is -0.644. The topological polar surface area (TPSA) is 49.8 Å². The molecule has 0 aromatic heterocycles. The zero-order valence-corrected chi connectivity index (χ0v) is 13.6. The summed E-state index contributed by atoms with van der Waals surface area (Å²) in [5.41, 5.74) is 1.35. The van der Waals surface area contributed by atoms with Gasteiger partial charge in [-0.2, -0.15) is 8.78 Å². The summed E-state index contributed by atoms with van der Waals surface area (Å²) in [5.74, 6) is -0.149. The molecule has 0 aliphatic rings. The summed E-state index contributed by atoms with van der Waals surface area (Å²) in [6.45, 7) is 5.87. The minimum Gasteiger partial charge on any atom is -0.434 e. The largest absolute Gasteiger partial charge is 0.434 e. The molecule has 124 valence electrons. The van der Waals surface area contributed by atoms with Crippen molar-refractivity contribution >= 4 is 5.91 Å². The Bertz CT molecular complexity index is 507. The molecule has 0 aliphatic heterocycles. The Labute approximate surface area is 129 Å². The number of aliphatic hydroxyl groups excluding tert-OH is 1. The molecule has 1 unspecified atom stereocenters. The highest BCUT2D eigenvalue weighted by molar-refractivity contribution is 5.95. The number of hydrogen-bond acceptors (Lipinski definition) is 3. The first-order valence-electron chi connectivity index (χ1n) is 7.18. The van der Waals surface area contributed by atoms with Crippen molar-refractivity contribution in [2.45, 2.75) is 53.4 Å². The lowest BCUT2D eigenvalue weighted by atomic mass is 10.0. The number of hydrogen-bond donors (Lipinski definition) is 1. The third kappa shape index (κ3) is 4.66. The number of halogens is 2. The summed E-state index contributed by atoms with van der Waals surface area (Å²) >= 11 is 0. The van der Waals surface area contributed by atoms with Gasteiger partial charge in [-0.25, -0.2) is 0 Å². The highest BCUT2D eigenvalue weighted by atomic mass is 19.3. The van der Waals surface area contributed by atoms with E-state index < -0.39 is 12.7 Å². The predicted octanol–water partition coefficient (Wildman–Crippen LogP) is 3.14. The number of benzene rings is 1. The Kier molecular flexibility index (Phi) is 6.29. The van der Waals surface area contributed by atoms with E-state index in [4.69, 9.17) is 0 Å². The first-order valence-corrected chi connectivity index (χ1v) is 7.18. The number of carbonyl (C=O) groups is 1. The second-order valence-electron chi connectivity index (χ2n) is 5.72. The van der Waals surface area contributed by atoms with Crippen LogP contribution in [0.25, 0.3) is 0 Å². The van der Waals surface area contributed by atoms with E-state index in [1.54, 1.807) is 25.7 Å². The van der Waals surface area contributed by atoms with Crippen LogP contribution in [0.1, 0.15) is 42.3 Å². The van der Waals surface area contributed by atoms with Gasteiger partial charge in [-0.3, -0.25) is 4.79 Å². The molecule has 22 heavy (non-hydrogen) atoms. The lowest BCUT2D eigenvalue weighted by molar-refractivity contribution is -0.0507. The molecule has 1 rings (SSSR count). The van der Waals surface area contributed by atoms with Crippen molar-refractivity contribution in [3.63, 3.8) is 0 Å². The SMILES string of the molecule is Cc1cc(C(=O)N(CC(C)O)C(C)C)cc(C)c1OC(F)F. The van der Waals surface area contributed by atoms with Gasteiger partial charge in [-0.1, -0.05) is 0 Å². The van der Waals surface area contributed by atoms with E-state index in [1.165, 1.54) is 12.1 Å². The van der Waals surface area contributed by atoms with Crippen LogP contribution in [0.3, 0.4) is 0 Å². The molecular weight excluding hydrogens is 292 g/mol. The van der Waals surface area contributed by atoms with Gasteiger partial charge in [-0.05, 0) is 57.9 Å². The Morgan fingerprint density at radius 1 is 1.23 bits per heavy atom. The van der Waals surface area contributed by atoms with Gasteiger partial charge in [0, 0.05) is 18.2 Å². The molecule has 1 aromatic rings.